The Kier molecular flexibility index (Phi) is 3.41. The highest BCUT2D eigenvalue weighted by Gasteiger charge is 2.25. The minimum Gasteiger partial charge on any atom is -0.358 e. The first-order chi connectivity index (χ1) is 7.23. The van der Waals surface area contributed by atoms with Gasteiger partial charge in [-0.2, -0.15) is 0 Å². The lowest BCUT2D eigenvalue weighted by Gasteiger charge is -2.14. The lowest BCUT2D eigenvalue weighted by molar-refractivity contribution is -0.118. The van der Waals surface area contributed by atoms with E-state index < -0.39 is 0 Å². The van der Waals surface area contributed by atoms with Crippen LogP contribution in [-0.4, -0.2) is 11.1 Å². The number of nitrogens with one attached hydrogen (secondary N) is 1. The molecule has 0 saturated heterocycles. The molecule has 1 aromatic heterocycles. The molecule has 0 saturated carbocycles. The summed E-state index contributed by atoms with van der Waals surface area (Å²) in [6, 6.07) is 0. The molecule has 0 aromatic carbocycles. The first-order valence-corrected chi connectivity index (χ1v) is 5.51. The number of nitrogens with zero attached hydrogens (tertiary/aromatic N) is 1. The largest absolute Gasteiger partial charge is 0.358 e. The second-order valence-electron chi connectivity index (χ2n) is 5.38. The van der Waals surface area contributed by atoms with Gasteiger partial charge in [-0.05, 0) is 6.92 Å². The number of rotatable bonds is 2. The van der Waals surface area contributed by atoms with Gasteiger partial charge in [0.25, 0.3) is 0 Å². The zero-order valence-electron chi connectivity index (χ0n) is 10.8. The van der Waals surface area contributed by atoms with E-state index in [0.29, 0.717) is 5.82 Å². The molecule has 1 heterocycles. The van der Waals surface area contributed by atoms with Gasteiger partial charge >= 0.3 is 0 Å². The van der Waals surface area contributed by atoms with E-state index in [9.17, 15) is 4.79 Å². The minimum absolute atomic E-state index is 0.0446. The van der Waals surface area contributed by atoms with Crippen molar-refractivity contribution in [3.63, 3.8) is 0 Å². The van der Waals surface area contributed by atoms with Crippen LogP contribution in [0.25, 0.3) is 0 Å². The highest BCUT2D eigenvalue weighted by atomic mass is 16.5. The molecule has 16 heavy (non-hydrogen) atoms. The fourth-order valence-corrected chi connectivity index (χ4v) is 1.41. The van der Waals surface area contributed by atoms with Crippen LogP contribution in [0.2, 0.25) is 0 Å². The second-order valence-corrected chi connectivity index (χ2v) is 5.38. The van der Waals surface area contributed by atoms with Crippen LogP contribution in [0.3, 0.4) is 0 Å². The van der Waals surface area contributed by atoms with Gasteiger partial charge < -0.3 is 9.84 Å². The lowest BCUT2D eigenvalue weighted by atomic mass is 9.91. The zero-order valence-corrected chi connectivity index (χ0v) is 10.8. The van der Waals surface area contributed by atoms with Crippen molar-refractivity contribution in [1.82, 2.24) is 5.16 Å². The summed E-state index contributed by atoms with van der Waals surface area (Å²) in [6.45, 7) is 11.7. The molecule has 0 radical (unpaired) electrons. The van der Waals surface area contributed by atoms with E-state index in [0.717, 1.165) is 11.3 Å². The average molecular weight is 224 g/mol. The van der Waals surface area contributed by atoms with E-state index in [4.69, 9.17) is 4.52 Å². The molecular weight excluding hydrogens is 204 g/mol. The van der Waals surface area contributed by atoms with E-state index in [2.05, 4.69) is 31.2 Å². The summed E-state index contributed by atoms with van der Waals surface area (Å²) < 4.78 is 5.28. The predicted octanol–water partition coefficient (Wildman–Crippen LogP) is 2.88. The SMILES string of the molecule is Cc1c(NC(=O)C(C)C)noc1C(C)(C)C. The van der Waals surface area contributed by atoms with Gasteiger partial charge in [-0.15, -0.1) is 0 Å². The lowest BCUT2D eigenvalue weighted by Crippen LogP contribution is -2.19. The predicted molar refractivity (Wildman–Crippen MR) is 63.4 cm³/mol. The van der Waals surface area contributed by atoms with Gasteiger partial charge in [0.2, 0.25) is 5.91 Å². The van der Waals surface area contributed by atoms with Gasteiger partial charge in [0.15, 0.2) is 5.82 Å². The molecule has 0 bridgehead atoms. The summed E-state index contributed by atoms with van der Waals surface area (Å²) in [5.74, 6) is 1.24. The molecule has 0 aliphatic carbocycles. The van der Waals surface area contributed by atoms with Gasteiger partial charge in [0.1, 0.15) is 5.76 Å². The van der Waals surface area contributed by atoms with Crippen LogP contribution >= 0.6 is 0 Å². The Bertz CT molecular complexity index is 386. The molecule has 1 amide bonds. The number of anilines is 1. The first-order valence-electron chi connectivity index (χ1n) is 5.51. The van der Waals surface area contributed by atoms with E-state index >= 15 is 0 Å². The Labute approximate surface area is 96.4 Å². The number of hydrogen-bond acceptors (Lipinski definition) is 3. The van der Waals surface area contributed by atoms with Gasteiger partial charge in [0.05, 0.1) is 0 Å². The van der Waals surface area contributed by atoms with Gasteiger partial charge in [0, 0.05) is 16.9 Å². The van der Waals surface area contributed by atoms with Crippen molar-refractivity contribution in [2.45, 2.75) is 47.0 Å². The Hall–Kier alpha value is -1.32. The summed E-state index contributed by atoms with van der Waals surface area (Å²) in [5.41, 5.74) is 0.805. The molecule has 1 aromatic rings. The van der Waals surface area contributed by atoms with E-state index in [1.165, 1.54) is 0 Å². The van der Waals surface area contributed by atoms with Crippen molar-refractivity contribution in [3.05, 3.63) is 11.3 Å². The van der Waals surface area contributed by atoms with Crippen molar-refractivity contribution >= 4 is 11.7 Å². The normalized spacial score (nSPS) is 11.9. The smallest absolute Gasteiger partial charge is 0.228 e. The first kappa shape index (κ1) is 12.7. The summed E-state index contributed by atoms with van der Waals surface area (Å²) >= 11 is 0. The van der Waals surface area contributed by atoms with Crippen LogP contribution in [0.1, 0.15) is 45.9 Å². The fourth-order valence-electron chi connectivity index (χ4n) is 1.41. The maximum atomic E-state index is 11.5. The van der Waals surface area contributed by atoms with Gasteiger partial charge in [-0.1, -0.05) is 39.8 Å². The molecule has 0 fully saturated rings. The fraction of sp³-hybridized carbons (Fsp3) is 0.667. The standard InChI is InChI=1S/C12H20N2O2/c1-7(2)11(15)13-10-8(3)9(16-14-10)12(4,5)6/h7H,1-6H3,(H,13,14,15). The number of aromatic nitrogens is 1. The zero-order chi connectivity index (χ0) is 12.5. The van der Waals surface area contributed by atoms with Crippen molar-refractivity contribution < 1.29 is 9.32 Å². The minimum atomic E-state index is -0.0993. The molecule has 0 unspecified atom stereocenters. The third-order valence-corrected chi connectivity index (χ3v) is 2.37. The third kappa shape index (κ3) is 2.62. The highest BCUT2D eigenvalue weighted by Crippen LogP contribution is 2.29. The monoisotopic (exact) mass is 224 g/mol. The molecular formula is C12H20N2O2. The van der Waals surface area contributed by atoms with Crippen LogP contribution in [0, 0.1) is 12.8 Å². The average Bonchev–Trinajstić information content (AvgIpc) is 2.46. The molecule has 0 aliphatic heterocycles. The molecule has 4 heteroatoms. The maximum absolute atomic E-state index is 11.5. The summed E-state index contributed by atoms with van der Waals surface area (Å²) in [6.07, 6.45) is 0. The van der Waals surface area contributed by atoms with Crippen LogP contribution in [0.4, 0.5) is 5.82 Å². The van der Waals surface area contributed by atoms with Crippen molar-refractivity contribution in [2.75, 3.05) is 5.32 Å². The topological polar surface area (TPSA) is 55.1 Å². The van der Waals surface area contributed by atoms with Crippen LogP contribution in [0.5, 0.6) is 0 Å². The second kappa shape index (κ2) is 4.28. The Morgan fingerprint density at radius 1 is 1.38 bits per heavy atom. The molecule has 0 atom stereocenters. The number of hydrogen-bond donors (Lipinski definition) is 1. The third-order valence-electron chi connectivity index (χ3n) is 2.37. The van der Waals surface area contributed by atoms with Crippen molar-refractivity contribution in [3.8, 4) is 0 Å². The maximum Gasteiger partial charge on any atom is 0.228 e. The Balaban J connectivity index is 2.93. The van der Waals surface area contributed by atoms with Crippen molar-refractivity contribution in [1.29, 1.82) is 0 Å². The summed E-state index contributed by atoms with van der Waals surface area (Å²) in [4.78, 5) is 11.5. The van der Waals surface area contributed by atoms with Crippen LogP contribution in [0.15, 0.2) is 4.52 Å². The van der Waals surface area contributed by atoms with Crippen LogP contribution < -0.4 is 5.32 Å². The summed E-state index contributed by atoms with van der Waals surface area (Å²) in [5, 5.41) is 6.66. The highest BCUT2D eigenvalue weighted by molar-refractivity contribution is 5.91. The molecule has 0 aliphatic rings. The Morgan fingerprint density at radius 3 is 2.31 bits per heavy atom. The Morgan fingerprint density at radius 2 is 1.94 bits per heavy atom. The number of amides is 1. The number of carbonyl (C=O) groups excluding carboxylic acids is 1. The molecule has 4 nitrogen and oxygen atoms in total. The summed E-state index contributed by atoms with van der Waals surface area (Å²) in [7, 11) is 0. The molecule has 1 rings (SSSR count). The molecule has 0 spiro atoms. The van der Waals surface area contributed by atoms with Crippen LogP contribution in [-0.2, 0) is 10.2 Å². The number of carbonyl (C=O) groups is 1. The quantitative estimate of drug-likeness (QED) is 0.840. The molecule has 1 N–H and O–H groups in total. The van der Waals surface area contributed by atoms with Gasteiger partial charge in [-0.25, -0.2) is 0 Å². The van der Waals surface area contributed by atoms with E-state index in [1.807, 2.05) is 20.8 Å². The van der Waals surface area contributed by atoms with E-state index in [-0.39, 0.29) is 17.2 Å². The van der Waals surface area contributed by atoms with Gasteiger partial charge in [-0.3, -0.25) is 4.79 Å². The van der Waals surface area contributed by atoms with Crippen molar-refractivity contribution in [2.24, 2.45) is 5.92 Å². The molecule has 90 valence electrons. The van der Waals surface area contributed by atoms with E-state index in [1.54, 1.807) is 0 Å².